The fraction of sp³-hybridized carbons (Fsp3) is 1.00. The Morgan fingerprint density at radius 3 is 1.81 bits per heavy atom. The minimum Gasteiger partial charge on any atom is -0.390 e. The van der Waals surface area contributed by atoms with Gasteiger partial charge in [0.2, 0.25) is 0 Å². The largest absolute Gasteiger partial charge is 0.390 e. The van der Waals surface area contributed by atoms with Crippen LogP contribution >= 0.6 is 0 Å². The zero-order valence-corrected chi connectivity index (χ0v) is 12.0. The summed E-state index contributed by atoms with van der Waals surface area (Å²) in [6, 6.07) is 0. The minimum absolute atomic E-state index is 0.252. The molecule has 0 spiro atoms. The van der Waals surface area contributed by atoms with Gasteiger partial charge in [0.25, 0.3) is 0 Å². The van der Waals surface area contributed by atoms with Gasteiger partial charge in [-0.1, -0.05) is 34.6 Å². The van der Waals surface area contributed by atoms with Crippen molar-refractivity contribution in [3.63, 3.8) is 0 Å². The molecule has 1 nitrogen and oxygen atoms in total. The lowest BCUT2D eigenvalue weighted by atomic mass is 9.68. The van der Waals surface area contributed by atoms with E-state index in [0.29, 0.717) is 5.92 Å². The maximum Gasteiger partial charge on any atom is 0.0650 e. The third kappa shape index (κ3) is 3.00. The van der Waals surface area contributed by atoms with E-state index in [0.717, 1.165) is 24.7 Å². The summed E-state index contributed by atoms with van der Waals surface area (Å²) in [5, 5.41) is 10.6. The molecule has 16 heavy (non-hydrogen) atoms. The van der Waals surface area contributed by atoms with E-state index in [-0.39, 0.29) is 5.41 Å². The molecule has 0 aromatic carbocycles. The first-order chi connectivity index (χ1) is 7.17. The highest BCUT2D eigenvalue weighted by atomic mass is 16.3. The standard InChI is InChI=1S/C15H30O/c1-11-7-9-14(4,5)13(3)15(6,16)10-8-12(11)2/h11-13,16H,7-10H2,1-6H3/t11-,12+,13-,15-/m1/s1. The number of hydrogen-bond donors (Lipinski definition) is 1. The van der Waals surface area contributed by atoms with Crippen LogP contribution in [0.3, 0.4) is 0 Å². The molecular weight excluding hydrogens is 196 g/mol. The molecule has 0 saturated heterocycles. The number of aliphatic hydroxyl groups is 1. The molecule has 1 saturated carbocycles. The fourth-order valence-corrected chi connectivity index (χ4v) is 2.96. The molecule has 0 aromatic rings. The summed E-state index contributed by atoms with van der Waals surface area (Å²) in [5.74, 6) is 1.91. The molecule has 1 N–H and O–H groups in total. The van der Waals surface area contributed by atoms with Crippen molar-refractivity contribution < 1.29 is 5.11 Å². The van der Waals surface area contributed by atoms with Crippen LogP contribution in [0.4, 0.5) is 0 Å². The second-order valence-electron chi connectivity index (χ2n) is 7.10. The van der Waals surface area contributed by atoms with Gasteiger partial charge >= 0.3 is 0 Å². The van der Waals surface area contributed by atoms with Crippen LogP contribution in [0.1, 0.15) is 67.2 Å². The normalized spacial score (nSPS) is 45.6. The molecule has 0 aromatic heterocycles. The van der Waals surface area contributed by atoms with Crippen molar-refractivity contribution in [2.75, 3.05) is 0 Å². The third-order valence-corrected chi connectivity index (χ3v) is 5.43. The third-order valence-electron chi connectivity index (χ3n) is 5.43. The second kappa shape index (κ2) is 4.68. The average molecular weight is 226 g/mol. The van der Waals surface area contributed by atoms with E-state index < -0.39 is 5.60 Å². The van der Waals surface area contributed by atoms with Gasteiger partial charge in [-0.2, -0.15) is 0 Å². The van der Waals surface area contributed by atoms with Gasteiger partial charge in [0.1, 0.15) is 0 Å². The van der Waals surface area contributed by atoms with Crippen molar-refractivity contribution in [2.45, 2.75) is 72.8 Å². The van der Waals surface area contributed by atoms with Crippen LogP contribution in [0.25, 0.3) is 0 Å². The minimum atomic E-state index is -0.498. The molecule has 1 aliphatic rings. The molecule has 1 fully saturated rings. The Kier molecular flexibility index (Phi) is 4.10. The van der Waals surface area contributed by atoms with E-state index >= 15 is 0 Å². The van der Waals surface area contributed by atoms with Crippen LogP contribution in [0.5, 0.6) is 0 Å². The Morgan fingerprint density at radius 2 is 1.31 bits per heavy atom. The van der Waals surface area contributed by atoms with Gasteiger partial charge in [-0.15, -0.1) is 0 Å². The Balaban J connectivity index is 2.88. The van der Waals surface area contributed by atoms with E-state index in [2.05, 4.69) is 34.6 Å². The van der Waals surface area contributed by atoms with Crippen molar-refractivity contribution in [3.05, 3.63) is 0 Å². The van der Waals surface area contributed by atoms with Crippen LogP contribution < -0.4 is 0 Å². The first-order valence-corrected chi connectivity index (χ1v) is 6.89. The summed E-state index contributed by atoms with van der Waals surface area (Å²) >= 11 is 0. The van der Waals surface area contributed by atoms with Gasteiger partial charge in [-0.05, 0) is 55.8 Å². The predicted octanol–water partition coefficient (Wildman–Crippen LogP) is 4.25. The second-order valence-corrected chi connectivity index (χ2v) is 7.10. The molecule has 96 valence electrons. The fourth-order valence-electron chi connectivity index (χ4n) is 2.96. The first kappa shape index (κ1) is 14.0. The summed E-state index contributed by atoms with van der Waals surface area (Å²) in [4.78, 5) is 0. The molecule has 1 rings (SSSR count). The summed E-state index contributed by atoms with van der Waals surface area (Å²) < 4.78 is 0. The monoisotopic (exact) mass is 226 g/mol. The Hall–Kier alpha value is -0.0400. The highest BCUT2D eigenvalue weighted by Gasteiger charge is 2.40. The molecule has 0 unspecified atom stereocenters. The van der Waals surface area contributed by atoms with E-state index in [9.17, 15) is 5.11 Å². The lowest BCUT2D eigenvalue weighted by Gasteiger charge is -2.41. The topological polar surface area (TPSA) is 20.2 Å². The number of rotatable bonds is 0. The lowest BCUT2D eigenvalue weighted by Crippen LogP contribution is -2.41. The van der Waals surface area contributed by atoms with Crippen LogP contribution in [0.2, 0.25) is 0 Å². The van der Waals surface area contributed by atoms with Crippen molar-refractivity contribution in [2.24, 2.45) is 23.2 Å². The van der Waals surface area contributed by atoms with Gasteiger partial charge in [0, 0.05) is 0 Å². The van der Waals surface area contributed by atoms with Crippen molar-refractivity contribution in [3.8, 4) is 0 Å². The Bertz CT molecular complexity index is 206. The Morgan fingerprint density at radius 1 is 0.875 bits per heavy atom. The maximum atomic E-state index is 10.6. The van der Waals surface area contributed by atoms with Gasteiger partial charge in [0.15, 0.2) is 0 Å². The SMILES string of the molecule is C[C@@H]1CCC(C)(C)[C@@H](C)[C@](C)(O)CC[C@@H]1C. The molecule has 0 radical (unpaired) electrons. The smallest absolute Gasteiger partial charge is 0.0650 e. The zero-order valence-electron chi connectivity index (χ0n) is 12.0. The van der Waals surface area contributed by atoms with Crippen LogP contribution in [0.15, 0.2) is 0 Å². The molecule has 1 heteroatoms. The van der Waals surface area contributed by atoms with Crippen molar-refractivity contribution >= 4 is 0 Å². The van der Waals surface area contributed by atoms with Crippen LogP contribution in [-0.2, 0) is 0 Å². The summed E-state index contributed by atoms with van der Waals surface area (Å²) in [7, 11) is 0. The van der Waals surface area contributed by atoms with Crippen LogP contribution in [0, 0.1) is 23.2 Å². The van der Waals surface area contributed by atoms with Gasteiger partial charge in [-0.25, -0.2) is 0 Å². The van der Waals surface area contributed by atoms with Gasteiger partial charge in [-0.3, -0.25) is 0 Å². The van der Waals surface area contributed by atoms with E-state index in [1.54, 1.807) is 0 Å². The first-order valence-electron chi connectivity index (χ1n) is 6.89. The molecule has 4 atom stereocenters. The summed E-state index contributed by atoms with van der Waals surface area (Å²) in [6.07, 6.45) is 4.64. The molecule has 0 amide bonds. The number of hydrogen-bond acceptors (Lipinski definition) is 1. The quantitative estimate of drug-likeness (QED) is 0.655. The molecular formula is C15H30O. The highest BCUT2D eigenvalue weighted by Crippen LogP contribution is 2.44. The predicted molar refractivity (Wildman–Crippen MR) is 70.4 cm³/mol. The van der Waals surface area contributed by atoms with Crippen molar-refractivity contribution in [1.29, 1.82) is 0 Å². The van der Waals surface area contributed by atoms with Crippen LogP contribution in [-0.4, -0.2) is 10.7 Å². The van der Waals surface area contributed by atoms with E-state index in [1.165, 1.54) is 12.8 Å². The van der Waals surface area contributed by atoms with Gasteiger partial charge < -0.3 is 5.11 Å². The molecule has 1 aliphatic carbocycles. The average Bonchev–Trinajstić information content (AvgIpc) is 2.22. The summed E-state index contributed by atoms with van der Waals surface area (Å²) in [5.41, 5.74) is -0.246. The molecule has 0 bridgehead atoms. The molecule has 0 aliphatic heterocycles. The highest BCUT2D eigenvalue weighted by molar-refractivity contribution is 4.91. The van der Waals surface area contributed by atoms with E-state index in [4.69, 9.17) is 0 Å². The van der Waals surface area contributed by atoms with Crippen molar-refractivity contribution in [1.82, 2.24) is 0 Å². The summed E-state index contributed by atoms with van der Waals surface area (Å²) in [6.45, 7) is 13.6. The van der Waals surface area contributed by atoms with E-state index in [1.807, 2.05) is 6.92 Å². The van der Waals surface area contributed by atoms with Gasteiger partial charge in [0.05, 0.1) is 5.60 Å². The molecule has 0 heterocycles. The Labute approximate surface area is 102 Å². The maximum absolute atomic E-state index is 10.6. The lowest BCUT2D eigenvalue weighted by molar-refractivity contribution is -0.0528. The zero-order chi connectivity index (χ0) is 12.6.